The largest absolute Gasteiger partial charge is 0.332 e. The molecule has 8 nitrogen and oxygen atoms in total. The molecule has 3 aromatic heterocycles. The Morgan fingerprint density at radius 1 is 1.03 bits per heavy atom. The highest BCUT2D eigenvalue weighted by atomic mass is 35.5. The minimum Gasteiger partial charge on any atom is -0.318 e. The van der Waals surface area contributed by atoms with Gasteiger partial charge >= 0.3 is 5.69 Å². The highest BCUT2D eigenvalue weighted by molar-refractivity contribution is 6.29. The third-order valence-corrected chi connectivity index (χ3v) is 5.92. The number of imidazole rings is 1. The van der Waals surface area contributed by atoms with Crippen molar-refractivity contribution in [3.8, 4) is 5.69 Å². The Hall–Kier alpha value is -3.39. The van der Waals surface area contributed by atoms with Crippen molar-refractivity contribution in [2.45, 2.75) is 27.3 Å². The van der Waals surface area contributed by atoms with Crippen molar-refractivity contribution < 1.29 is 4.79 Å². The van der Waals surface area contributed by atoms with Gasteiger partial charge in [-0.2, -0.15) is 4.98 Å². The smallest absolute Gasteiger partial charge is 0.318 e. The molecule has 0 aliphatic rings. The van der Waals surface area contributed by atoms with Crippen LogP contribution in [0.2, 0.25) is 5.28 Å². The first-order valence-electron chi connectivity index (χ1n) is 9.72. The molecule has 0 aliphatic carbocycles. The van der Waals surface area contributed by atoms with Crippen LogP contribution in [-0.4, -0.2) is 29.0 Å². The molecule has 0 amide bonds. The van der Waals surface area contributed by atoms with E-state index in [-0.39, 0.29) is 28.8 Å². The van der Waals surface area contributed by atoms with Crippen LogP contribution in [-0.2, 0) is 20.6 Å². The van der Waals surface area contributed by atoms with Gasteiger partial charge in [-0.15, -0.1) is 0 Å². The van der Waals surface area contributed by atoms with Crippen molar-refractivity contribution in [3.63, 3.8) is 0 Å². The zero-order valence-electron chi connectivity index (χ0n) is 17.9. The van der Waals surface area contributed by atoms with Gasteiger partial charge in [0, 0.05) is 36.7 Å². The highest BCUT2D eigenvalue weighted by Crippen LogP contribution is 2.23. The molecular formula is C22H22ClN5O3. The van der Waals surface area contributed by atoms with Gasteiger partial charge in [0.15, 0.2) is 16.9 Å². The van der Waals surface area contributed by atoms with Crippen LogP contribution < -0.4 is 11.2 Å². The number of rotatable bonds is 4. The summed E-state index contributed by atoms with van der Waals surface area (Å²) in [4.78, 5) is 42.3. The summed E-state index contributed by atoms with van der Waals surface area (Å²) in [5, 5.41) is -0.0195. The van der Waals surface area contributed by atoms with Crippen LogP contribution in [0, 0.1) is 20.8 Å². The molecule has 0 atom stereocenters. The molecule has 0 aliphatic heterocycles. The van der Waals surface area contributed by atoms with Gasteiger partial charge in [-0.3, -0.25) is 18.7 Å². The molecule has 0 radical (unpaired) electrons. The number of carbonyl (C=O) groups is 1. The summed E-state index contributed by atoms with van der Waals surface area (Å²) < 4.78 is 5.60. The van der Waals surface area contributed by atoms with Crippen LogP contribution in [0.3, 0.4) is 0 Å². The summed E-state index contributed by atoms with van der Waals surface area (Å²) >= 11 is 6.27. The van der Waals surface area contributed by atoms with E-state index in [1.807, 2.05) is 55.7 Å². The van der Waals surface area contributed by atoms with E-state index in [0.29, 0.717) is 5.56 Å². The van der Waals surface area contributed by atoms with Crippen LogP contribution in [0.15, 0.2) is 39.9 Å². The van der Waals surface area contributed by atoms with Gasteiger partial charge in [-0.25, -0.2) is 4.79 Å². The van der Waals surface area contributed by atoms with Gasteiger partial charge in [0.05, 0.1) is 6.54 Å². The predicted octanol–water partition coefficient (Wildman–Crippen LogP) is 2.69. The van der Waals surface area contributed by atoms with Gasteiger partial charge in [-0.05, 0) is 50.6 Å². The highest BCUT2D eigenvalue weighted by Gasteiger charge is 2.22. The lowest BCUT2D eigenvalue weighted by molar-refractivity contribution is 0.0972. The first-order valence-corrected chi connectivity index (χ1v) is 10.1. The Morgan fingerprint density at radius 3 is 2.32 bits per heavy atom. The molecule has 0 unspecified atom stereocenters. The SMILES string of the molecule is Cc1ccc(-n2c(C)cc(C(=O)Cn3c(Cl)nc4c3c(=O)n(C)c(=O)n4C)c2C)cc1. The topological polar surface area (TPSA) is 83.8 Å². The zero-order chi connectivity index (χ0) is 22.6. The second-order valence-corrected chi connectivity index (χ2v) is 8.06. The fourth-order valence-electron chi connectivity index (χ4n) is 3.93. The number of aromatic nitrogens is 5. The van der Waals surface area contributed by atoms with E-state index in [9.17, 15) is 14.4 Å². The van der Waals surface area contributed by atoms with E-state index >= 15 is 0 Å². The van der Waals surface area contributed by atoms with Crippen LogP contribution >= 0.6 is 11.6 Å². The Morgan fingerprint density at radius 2 is 1.68 bits per heavy atom. The van der Waals surface area contributed by atoms with Crippen molar-refractivity contribution >= 4 is 28.5 Å². The maximum atomic E-state index is 13.2. The van der Waals surface area contributed by atoms with Crippen LogP contribution in [0.5, 0.6) is 0 Å². The van der Waals surface area contributed by atoms with E-state index in [4.69, 9.17) is 11.6 Å². The number of hydrogen-bond donors (Lipinski definition) is 0. The summed E-state index contributed by atoms with van der Waals surface area (Å²) in [7, 11) is 2.89. The third kappa shape index (κ3) is 3.23. The van der Waals surface area contributed by atoms with Gasteiger partial charge in [0.2, 0.25) is 5.28 Å². The molecule has 31 heavy (non-hydrogen) atoms. The molecule has 0 saturated carbocycles. The number of halogens is 1. The van der Waals surface area contributed by atoms with E-state index in [0.717, 1.165) is 27.2 Å². The minimum atomic E-state index is -0.546. The predicted molar refractivity (Wildman–Crippen MR) is 120 cm³/mol. The maximum Gasteiger partial charge on any atom is 0.332 e. The molecule has 0 bridgehead atoms. The average Bonchev–Trinajstić information content (AvgIpc) is 3.22. The lowest BCUT2D eigenvalue weighted by atomic mass is 10.1. The second-order valence-electron chi connectivity index (χ2n) is 7.72. The fourth-order valence-corrected chi connectivity index (χ4v) is 4.15. The van der Waals surface area contributed by atoms with Crippen molar-refractivity contribution in [1.82, 2.24) is 23.3 Å². The lowest BCUT2D eigenvalue weighted by Crippen LogP contribution is -2.37. The molecule has 0 N–H and O–H groups in total. The second kappa shape index (κ2) is 7.39. The zero-order valence-corrected chi connectivity index (χ0v) is 18.7. The number of fused-ring (bicyclic) bond motifs is 1. The minimum absolute atomic E-state index is 0.0195. The van der Waals surface area contributed by atoms with Crippen LogP contribution in [0.1, 0.15) is 27.3 Å². The normalized spacial score (nSPS) is 11.4. The number of Topliss-reactive ketones (excluding diaryl/α,β-unsaturated/α-hetero) is 1. The van der Waals surface area contributed by atoms with E-state index in [1.54, 1.807) is 0 Å². The first kappa shape index (κ1) is 20.9. The molecule has 0 fully saturated rings. The maximum absolute atomic E-state index is 13.2. The molecule has 4 rings (SSSR count). The summed E-state index contributed by atoms with van der Waals surface area (Å²) in [5.74, 6) is -0.205. The molecule has 160 valence electrons. The first-order chi connectivity index (χ1) is 14.6. The molecule has 0 saturated heterocycles. The molecule has 1 aromatic carbocycles. The number of aryl methyl sites for hydroxylation is 3. The number of carbonyl (C=O) groups excluding carboxylic acids is 1. The molecule has 3 heterocycles. The summed E-state index contributed by atoms with van der Waals surface area (Å²) in [5.41, 5.74) is 3.60. The molecular weight excluding hydrogens is 418 g/mol. The van der Waals surface area contributed by atoms with E-state index < -0.39 is 11.2 Å². The monoisotopic (exact) mass is 439 g/mol. The van der Waals surface area contributed by atoms with Crippen molar-refractivity contribution in [2.24, 2.45) is 14.1 Å². The van der Waals surface area contributed by atoms with E-state index in [1.165, 1.54) is 23.2 Å². The number of benzene rings is 1. The van der Waals surface area contributed by atoms with Crippen molar-refractivity contribution in [1.29, 1.82) is 0 Å². The van der Waals surface area contributed by atoms with Gasteiger partial charge in [0.25, 0.3) is 5.56 Å². The van der Waals surface area contributed by atoms with E-state index in [2.05, 4.69) is 4.98 Å². The lowest BCUT2D eigenvalue weighted by Gasteiger charge is -2.11. The fraction of sp³-hybridized carbons (Fsp3) is 0.273. The Labute approximate surface area is 182 Å². The quantitative estimate of drug-likeness (QED) is 0.361. The standard InChI is InChI=1S/C22H22ClN5O3/c1-12-6-8-15(9-7-12)28-13(2)10-16(14(28)3)17(29)11-27-18-19(24-21(27)23)25(4)22(31)26(5)20(18)30/h6-10H,11H2,1-5H3. The van der Waals surface area contributed by atoms with Crippen LogP contribution in [0.4, 0.5) is 0 Å². The number of ketones is 1. The Bertz CT molecular complexity index is 1470. The summed E-state index contributed by atoms with van der Waals surface area (Å²) in [6, 6.07) is 9.89. The molecule has 4 aromatic rings. The summed E-state index contributed by atoms with van der Waals surface area (Å²) in [6.45, 7) is 5.68. The molecule has 0 spiro atoms. The van der Waals surface area contributed by atoms with Gasteiger partial charge in [-0.1, -0.05) is 17.7 Å². The number of hydrogen-bond acceptors (Lipinski definition) is 4. The van der Waals surface area contributed by atoms with Crippen LogP contribution in [0.25, 0.3) is 16.9 Å². The number of nitrogens with zero attached hydrogens (tertiary/aromatic N) is 5. The average molecular weight is 440 g/mol. The van der Waals surface area contributed by atoms with Crippen molar-refractivity contribution in [3.05, 3.63) is 79.0 Å². The van der Waals surface area contributed by atoms with Gasteiger partial charge in [0.1, 0.15) is 0 Å². The Kier molecular flexibility index (Phi) is 4.97. The van der Waals surface area contributed by atoms with Crippen molar-refractivity contribution in [2.75, 3.05) is 0 Å². The molecule has 9 heteroatoms. The third-order valence-electron chi connectivity index (χ3n) is 5.63. The summed E-state index contributed by atoms with van der Waals surface area (Å²) in [6.07, 6.45) is 0. The van der Waals surface area contributed by atoms with Gasteiger partial charge < -0.3 is 9.13 Å². The Balaban J connectivity index is 1.80.